The van der Waals surface area contributed by atoms with Gasteiger partial charge in [-0.15, -0.1) is 0 Å². The lowest BCUT2D eigenvalue weighted by molar-refractivity contribution is -0.143. The molecule has 1 heterocycles. The van der Waals surface area contributed by atoms with Crippen molar-refractivity contribution in [1.82, 2.24) is 9.88 Å². The van der Waals surface area contributed by atoms with Gasteiger partial charge in [0.25, 0.3) is 5.91 Å². The molecule has 0 aliphatic rings. The lowest BCUT2D eigenvalue weighted by atomic mass is 9.97. The third-order valence-electron chi connectivity index (χ3n) is 4.90. The molecule has 0 unspecified atom stereocenters. The molecule has 1 amide bonds. The van der Waals surface area contributed by atoms with Crippen LogP contribution in [0.15, 0.2) is 60.9 Å². The molecule has 3 rings (SSSR count). The summed E-state index contributed by atoms with van der Waals surface area (Å²) in [6.45, 7) is 1.41. The molecule has 3 nitrogen and oxygen atoms in total. The largest absolute Gasteiger partial charge is 0.416 e. The molecule has 32 heavy (non-hydrogen) atoms. The molecule has 0 fully saturated rings. The normalized spacial score (nSPS) is 12.0. The number of carbonyl (C=O) groups is 1. The number of carbonyl (C=O) groups excluding carboxylic acids is 1. The van der Waals surface area contributed by atoms with Crippen molar-refractivity contribution in [2.24, 2.45) is 0 Å². The van der Waals surface area contributed by atoms with Gasteiger partial charge in [0.05, 0.1) is 16.7 Å². The highest BCUT2D eigenvalue weighted by Crippen LogP contribution is 2.36. The van der Waals surface area contributed by atoms with Gasteiger partial charge in [0.2, 0.25) is 0 Å². The van der Waals surface area contributed by atoms with E-state index in [4.69, 9.17) is 0 Å². The monoisotopic (exact) mass is 452 g/mol. The number of alkyl halides is 6. The van der Waals surface area contributed by atoms with Crippen LogP contribution in [-0.4, -0.2) is 22.8 Å². The van der Waals surface area contributed by atoms with E-state index in [0.717, 1.165) is 16.0 Å². The summed E-state index contributed by atoms with van der Waals surface area (Å²) < 4.78 is 78.7. The fourth-order valence-electron chi connectivity index (χ4n) is 3.33. The van der Waals surface area contributed by atoms with Gasteiger partial charge in [0.15, 0.2) is 0 Å². The zero-order valence-electron chi connectivity index (χ0n) is 17.1. The number of hydrogen-bond donors (Lipinski definition) is 0. The molecule has 0 saturated heterocycles. The Balaban J connectivity index is 1.96. The first-order valence-electron chi connectivity index (χ1n) is 9.42. The zero-order chi connectivity index (χ0) is 23.7. The highest BCUT2D eigenvalue weighted by Gasteiger charge is 2.37. The van der Waals surface area contributed by atoms with E-state index in [9.17, 15) is 31.1 Å². The van der Waals surface area contributed by atoms with Crippen LogP contribution in [0.4, 0.5) is 26.3 Å². The predicted octanol–water partition coefficient (Wildman–Crippen LogP) is 6.37. The van der Waals surface area contributed by atoms with E-state index in [-0.39, 0.29) is 17.2 Å². The number of pyridine rings is 1. The van der Waals surface area contributed by atoms with E-state index in [1.165, 1.54) is 25.5 Å². The predicted molar refractivity (Wildman–Crippen MR) is 107 cm³/mol. The van der Waals surface area contributed by atoms with Crippen LogP contribution in [0.5, 0.6) is 0 Å². The van der Waals surface area contributed by atoms with Crippen molar-refractivity contribution in [3.8, 4) is 11.1 Å². The maximum Gasteiger partial charge on any atom is 0.416 e. The topological polar surface area (TPSA) is 33.2 Å². The molecule has 0 atom stereocenters. The number of halogens is 6. The first-order valence-corrected chi connectivity index (χ1v) is 9.42. The van der Waals surface area contributed by atoms with Crippen molar-refractivity contribution < 1.29 is 31.1 Å². The van der Waals surface area contributed by atoms with Crippen molar-refractivity contribution in [3.05, 3.63) is 88.7 Å². The summed E-state index contributed by atoms with van der Waals surface area (Å²) in [4.78, 5) is 18.2. The number of nitrogens with zero attached hydrogens (tertiary/aromatic N) is 2. The second kappa shape index (κ2) is 8.64. The lowest BCUT2D eigenvalue weighted by Gasteiger charge is -2.21. The first kappa shape index (κ1) is 23.3. The Bertz CT molecular complexity index is 1110. The number of amides is 1. The van der Waals surface area contributed by atoms with E-state index in [2.05, 4.69) is 4.98 Å². The van der Waals surface area contributed by atoms with Gasteiger partial charge in [0.1, 0.15) is 0 Å². The van der Waals surface area contributed by atoms with Gasteiger partial charge < -0.3 is 4.90 Å². The van der Waals surface area contributed by atoms with Gasteiger partial charge >= 0.3 is 12.4 Å². The zero-order valence-corrected chi connectivity index (χ0v) is 17.1. The van der Waals surface area contributed by atoms with E-state index in [0.29, 0.717) is 17.7 Å². The minimum atomic E-state index is -4.96. The van der Waals surface area contributed by atoms with Crippen LogP contribution in [0.1, 0.15) is 32.6 Å². The van der Waals surface area contributed by atoms with E-state index in [1.54, 1.807) is 12.1 Å². The van der Waals surface area contributed by atoms with Crippen LogP contribution in [0, 0.1) is 6.92 Å². The van der Waals surface area contributed by atoms with Gasteiger partial charge in [-0.1, -0.05) is 24.3 Å². The van der Waals surface area contributed by atoms with Gasteiger partial charge in [-0.25, -0.2) is 0 Å². The quantitative estimate of drug-likeness (QED) is 0.431. The number of aryl methyl sites for hydroxylation is 1. The number of benzene rings is 2. The van der Waals surface area contributed by atoms with Crippen LogP contribution >= 0.6 is 0 Å². The van der Waals surface area contributed by atoms with Gasteiger partial charge in [-0.3, -0.25) is 9.78 Å². The maximum atomic E-state index is 13.1. The molecule has 3 aromatic rings. The lowest BCUT2D eigenvalue weighted by Crippen LogP contribution is -2.27. The standard InChI is InChI=1S/C23H18F6N2O/c1-14-5-3-4-6-18(14)20-12-30-8-7-19(20)21(32)31(2)13-15-9-16(22(24,25)26)11-17(10-15)23(27,28)29/h3-12H,13H2,1-2H3. The summed E-state index contributed by atoms with van der Waals surface area (Å²) in [6.07, 6.45) is -7.02. The summed E-state index contributed by atoms with van der Waals surface area (Å²) in [5, 5.41) is 0. The molecule has 2 aromatic carbocycles. The van der Waals surface area contributed by atoms with Crippen molar-refractivity contribution >= 4 is 5.91 Å². The SMILES string of the molecule is Cc1ccccc1-c1cnccc1C(=O)N(C)Cc1cc(C(F)(F)F)cc(C(F)(F)F)c1. The van der Waals surface area contributed by atoms with Gasteiger partial charge in [0, 0.05) is 31.5 Å². The Kier molecular flexibility index (Phi) is 6.29. The Labute approximate surface area is 180 Å². The number of aromatic nitrogens is 1. The Hall–Kier alpha value is -3.36. The average Bonchev–Trinajstić information content (AvgIpc) is 2.72. The molecule has 0 saturated carbocycles. The van der Waals surface area contributed by atoms with Crippen molar-refractivity contribution in [1.29, 1.82) is 0 Å². The summed E-state index contributed by atoms with van der Waals surface area (Å²) in [5.74, 6) is -0.559. The molecule has 0 spiro atoms. The maximum absolute atomic E-state index is 13.1. The molecule has 1 aromatic heterocycles. The minimum absolute atomic E-state index is 0.0600. The van der Waals surface area contributed by atoms with E-state index >= 15 is 0 Å². The molecule has 9 heteroatoms. The van der Waals surface area contributed by atoms with E-state index < -0.39 is 35.9 Å². The smallest absolute Gasteiger partial charge is 0.337 e. The summed E-state index contributed by atoms with van der Waals surface area (Å²) >= 11 is 0. The molecular weight excluding hydrogens is 434 g/mol. The number of rotatable bonds is 4. The highest BCUT2D eigenvalue weighted by molar-refractivity contribution is 6.00. The van der Waals surface area contributed by atoms with E-state index in [1.807, 2.05) is 19.1 Å². The third-order valence-corrected chi connectivity index (χ3v) is 4.90. The van der Waals surface area contributed by atoms with Crippen molar-refractivity contribution in [2.75, 3.05) is 7.05 Å². The Morgan fingerprint density at radius 1 is 0.906 bits per heavy atom. The fourth-order valence-corrected chi connectivity index (χ4v) is 3.33. The number of hydrogen-bond acceptors (Lipinski definition) is 2. The molecule has 168 valence electrons. The summed E-state index contributed by atoms with van der Waals surface area (Å²) in [6, 6.07) is 10.0. The first-order chi connectivity index (χ1) is 14.9. The molecule has 0 bridgehead atoms. The van der Waals surface area contributed by atoms with Crippen molar-refractivity contribution in [2.45, 2.75) is 25.8 Å². The molecule has 0 aliphatic carbocycles. The van der Waals surface area contributed by atoms with Crippen molar-refractivity contribution in [3.63, 3.8) is 0 Å². The van der Waals surface area contributed by atoms with Crippen LogP contribution < -0.4 is 0 Å². The third kappa shape index (κ3) is 5.09. The fraction of sp³-hybridized carbons (Fsp3) is 0.217. The van der Waals surface area contributed by atoms with Gasteiger partial charge in [-0.2, -0.15) is 26.3 Å². The summed E-state index contributed by atoms with van der Waals surface area (Å²) in [7, 11) is 1.32. The minimum Gasteiger partial charge on any atom is -0.337 e. The van der Waals surface area contributed by atoms with Crippen LogP contribution in [0.2, 0.25) is 0 Å². The Morgan fingerprint density at radius 3 is 2.06 bits per heavy atom. The molecular formula is C23H18F6N2O. The van der Waals surface area contributed by atoms with Crippen LogP contribution in [0.25, 0.3) is 11.1 Å². The Morgan fingerprint density at radius 2 is 1.50 bits per heavy atom. The van der Waals surface area contributed by atoms with Crippen LogP contribution in [-0.2, 0) is 18.9 Å². The summed E-state index contributed by atoms with van der Waals surface area (Å²) in [5.41, 5.74) is -0.752. The second-order valence-electron chi connectivity index (χ2n) is 7.31. The molecule has 0 N–H and O–H groups in total. The molecule has 0 aliphatic heterocycles. The average molecular weight is 452 g/mol. The van der Waals surface area contributed by atoms with Crippen LogP contribution in [0.3, 0.4) is 0 Å². The highest BCUT2D eigenvalue weighted by atomic mass is 19.4. The van der Waals surface area contributed by atoms with Gasteiger partial charge in [-0.05, 0) is 47.9 Å². The second-order valence-corrected chi connectivity index (χ2v) is 7.31. The molecule has 0 radical (unpaired) electrons.